The molecule has 6 aromatic carbocycles. The average Bonchev–Trinajstić information content (AvgIpc) is 3.06. The van der Waals surface area contributed by atoms with Gasteiger partial charge >= 0.3 is 247 Å². The van der Waals surface area contributed by atoms with E-state index in [-0.39, 0.29) is 0 Å². The molecule has 196 valence electrons. The van der Waals surface area contributed by atoms with Crippen molar-refractivity contribution in [3.63, 3.8) is 0 Å². The fourth-order valence-electron chi connectivity index (χ4n) is 6.08. The van der Waals surface area contributed by atoms with Crippen LogP contribution in [-0.4, -0.2) is 6.16 Å². The van der Waals surface area contributed by atoms with Gasteiger partial charge in [0.15, 0.2) is 0 Å². The molecule has 0 saturated carbocycles. The van der Waals surface area contributed by atoms with Gasteiger partial charge in [0.2, 0.25) is 0 Å². The zero-order valence-electron chi connectivity index (χ0n) is 22.6. The van der Waals surface area contributed by atoms with Crippen molar-refractivity contribution in [1.82, 2.24) is 0 Å². The Bertz CT molecular complexity index is 1680. The molecular formula is C38H32BrP. The molecule has 0 amide bonds. The van der Waals surface area contributed by atoms with Crippen LogP contribution in [0.4, 0.5) is 0 Å². The van der Waals surface area contributed by atoms with Crippen LogP contribution in [0.5, 0.6) is 0 Å². The summed E-state index contributed by atoms with van der Waals surface area (Å²) in [6, 6.07) is 59.6. The van der Waals surface area contributed by atoms with E-state index in [9.17, 15) is 0 Å². The summed E-state index contributed by atoms with van der Waals surface area (Å²) in [5, 5.41) is 0.907. The molecule has 40 heavy (non-hydrogen) atoms. The number of halogens is 1. The number of benzene rings is 6. The summed E-state index contributed by atoms with van der Waals surface area (Å²) >= 11 is 4.68. The molecule has 0 fully saturated rings. The molecule has 6 aromatic rings. The number of hydrogen-bond donors (Lipinski definition) is 0. The summed E-state index contributed by atoms with van der Waals surface area (Å²) in [5.41, 5.74) is 7.46. The van der Waals surface area contributed by atoms with Crippen LogP contribution in [0.1, 0.15) is 6.92 Å². The molecule has 0 unspecified atom stereocenters. The van der Waals surface area contributed by atoms with Crippen LogP contribution < -0.4 is 15.9 Å². The Morgan fingerprint density at radius 1 is 0.425 bits per heavy atom. The van der Waals surface area contributed by atoms with E-state index in [1.54, 1.807) is 0 Å². The van der Waals surface area contributed by atoms with Crippen molar-refractivity contribution in [1.29, 1.82) is 0 Å². The van der Waals surface area contributed by atoms with E-state index in [0.29, 0.717) is 0 Å². The molecule has 0 spiro atoms. The molecule has 0 radical (unpaired) electrons. The third kappa shape index (κ3) is 4.35. The van der Waals surface area contributed by atoms with Gasteiger partial charge in [-0.3, -0.25) is 0 Å². The molecule has 0 heterocycles. The van der Waals surface area contributed by atoms with E-state index in [1.807, 2.05) is 0 Å². The van der Waals surface area contributed by atoms with E-state index in [1.165, 1.54) is 49.3 Å². The molecule has 0 bridgehead atoms. The molecule has 0 aliphatic heterocycles. The Kier molecular flexibility index (Phi) is 7.28. The minimum absolute atomic E-state index is 0.943. The molecular weight excluding hydrogens is 567 g/mol. The van der Waals surface area contributed by atoms with Gasteiger partial charge in [-0.1, -0.05) is 0 Å². The Labute approximate surface area is 246 Å². The van der Waals surface area contributed by atoms with Crippen LogP contribution >= 0.6 is 20.8 Å². The van der Waals surface area contributed by atoms with Crippen molar-refractivity contribution < 1.29 is 0 Å². The predicted molar refractivity (Wildman–Crippen MR) is 181 cm³/mol. The van der Waals surface area contributed by atoms with E-state index < -0.39 is 5.31 Å². The molecule has 0 aliphatic carbocycles. The average molecular weight is 600 g/mol. The molecule has 2 heteroatoms. The summed E-state index contributed by atoms with van der Waals surface area (Å²) in [4.78, 5) is 0. The van der Waals surface area contributed by atoms with Crippen LogP contribution in [0.3, 0.4) is 0 Å². The Hall–Kier alpha value is -3.77. The summed E-state index contributed by atoms with van der Waals surface area (Å²) in [7, 11) is 0. The second-order valence-electron chi connectivity index (χ2n) is 10.2. The van der Waals surface area contributed by atoms with E-state index in [2.05, 4.69) is 186 Å². The van der Waals surface area contributed by atoms with Crippen LogP contribution in [0.2, 0.25) is 0 Å². The number of rotatable bonds is 7. The van der Waals surface area contributed by atoms with Gasteiger partial charge in [0.05, 0.1) is 0 Å². The van der Waals surface area contributed by atoms with Crippen molar-refractivity contribution in [2.24, 2.45) is 0 Å². The summed E-state index contributed by atoms with van der Waals surface area (Å²) in [5.74, 6) is 0. The van der Waals surface area contributed by atoms with Crippen molar-refractivity contribution in [3.8, 4) is 33.4 Å². The molecule has 0 aliphatic rings. The molecule has 0 N–H and O–H groups in total. The predicted octanol–water partition coefficient (Wildman–Crippen LogP) is 9.85. The van der Waals surface area contributed by atoms with Gasteiger partial charge in [-0.15, -0.1) is 0 Å². The monoisotopic (exact) mass is 598 g/mol. The maximum atomic E-state index is 4.68. The van der Waals surface area contributed by atoms with Crippen molar-refractivity contribution >= 4 is 36.7 Å². The molecule has 0 nitrogen and oxygen atoms in total. The van der Waals surface area contributed by atoms with Gasteiger partial charge in [-0.2, -0.15) is 0 Å². The first kappa shape index (κ1) is 26.5. The normalized spacial score (nSPS) is 12.4. The van der Waals surface area contributed by atoms with Gasteiger partial charge in [-0.25, -0.2) is 0 Å². The van der Waals surface area contributed by atoms with E-state index in [4.69, 9.17) is 0 Å². The SMILES string of the molecule is CCP(Br)(c1ccccc1)(c1ccccc1)c1ccc(-c2ccccc2)c(-c2ccccc2)c1-c1ccccc1. The molecule has 0 saturated heterocycles. The van der Waals surface area contributed by atoms with Gasteiger partial charge in [-0.05, 0) is 0 Å². The minimum atomic E-state index is -3.13. The van der Waals surface area contributed by atoms with Gasteiger partial charge in [0.25, 0.3) is 0 Å². The van der Waals surface area contributed by atoms with Crippen LogP contribution in [0, 0.1) is 0 Å². The van der Waals surface area contributed by atoms with E-state index >= 15 is 0 Å². The Balaban J connectivity index is 1.84. The van der Waals surface area contributed by atoms with Gasteiger partial charge in [0, 0.05) is 0 Å². The molecule has 0 aromatic heterocycles. The van der Waals surface area contributed by atoms with Crippen LogP contribution in [0.25, 0.3) is 33.4 Å². The van der Waals surface area contributed by atoms with Crippen molar-refractivity contribution in [3.05, 3.63) is 164 Å². The van der Waals surface area contributed by atoms with Crippen molar-refractivity contribution in [2.75, 3.05) is 6.16 Å². The maximum absolute atomic E-state index is 4.68. The molecule has 6 rings (SSSR count). The van der Waals surface area contributed by atoms with E-state index in [0.717, 1.165) is 6.16 Å². The topological polar surface area (TPSA) is 0 Å². The Morgan fingerprint density at radius 2 is 0.800 bits per heavy atom. The zero-order valence-corrected chi connectivity index (χ0v) is 25.1. The van der Waals surface area contributed by atoms with Crippen LogP contribution in [-0.2, 0) is 0 Å². The first-order valence-electron chi connectivity index (χ1n) is 13.8. The Morgan fingerprint density at radius 3 is 1.23 bits per heavy atom. The fourth-order valence-corrected chi connectivity index (χ4v) is 13.0. The summed E-state index contributed by atoms with van der Waals surface area (Å²) in [6.07, 6.45) is 0.943. The standard InChI is InChI=1S/C38H32BrP/c1-2-40(39,33-24-14-6-15-25-33,34-26-16-7-17-27-34)36-29-28-35(30-18-8-3-9-19-30)37(31-20-10-4-11-21-31)38(36)32-22-12-5-13-23-32/h3-29H,2H2,1H3. The quantitative estimate of drug-likeness (QED) is 0.160. The number of hydrogen-bond acceptors (Lipinski definition) is 0. The first-order chi connectivity index (χ1) is 19.6. The van der Waals surface area contributed by atoms with Gasteiger partial charge < -0.3 is 0 Å². The second kappa shape index (κ2) is 11.0. The molecule has 0 atom stereocenters. The van der Waals surface area contributed by atoms with Gasteiger partial charge in [0.1, 0.15) is 0 Å². The first-order valence-corrected chi connectivity index (χ1v) is 18.3. The summed E-state index contributed by atoms with van der Waals surface area (Å²) in [6.45, 7) is 2.34. The second-order valence-corrected chi connectivity index (χ2v) is 19.4. The van der Waals surface area contributed by atoms with Crippen LogP contribution in [0.15, 0.2) is 164 Å². The fraction of sp³-hybridized carbons (Fsp3) is 0.0526. The third-order valence-corrected chi connectivity index (χ3v) is 18.5. The zero-order chi connectivity index (χ0) is 27.4. The third-order valence-electron chi connectivity index (χ3n) is 8.08. The van der Waals surface area contributed by atoms with Crippen molar-refractivity contribution in [2.45, 2.75) is 6.92 Å². The summed E-state index contributed by atoms with van der Waals surface area (Å²) < 4.78 is 0.